The third-order valence-corrected chi connectivity index (χ3v) is 3.10. The first kappa shape index (κ1) is 15.7. The van der Waals surface area contributed by atoms with Crippen molar-refractivity contribution in [3.05, 3.63) is 48.5 Å². The zero-order chi connectivity index (χ0) is 15.9. The molecule has 1 amide bonds. The minimum Gasteiger partial charge on any atom is -0.497 e. The van der Waals surface area contributed by atoms with Crippen LogP contribution in [0.4, 0.5) is 5.69 Å². The van der Waals surface area contributed by atoms with Gasteiger partial charge in [-0.2, -0.15) is 0 Å². The smallest absolute Gasteiger partial charge is 0.265 e. The van der Waals surface area contributed by atoms with Crippen molar-refractivity contribution >= 4 is 11.6 Å². The van der Waals surface area contributed by atoms with E-state index in [0.29, 0.717) is 11.4 Å². The maximum absolute atomic E-state index is 12.1. The van der Waals surface area contributed by atoms with E-state index in [1.165, 1.54) is 0 Å². The van der Waals surface area contributed by atoms with Crippen LogP contribution in [0.2, 0.25) is 0 Å². The van der Waals surface area contributed by atoms with E-state index < -0.39 is 6.10 Å². The van der Waals surface area contributed by atoms with Crippen LogP contribution in [0.3, 0.4) is 0 Å². The minimum atomic E-state index is -0.615. The summed E-state index contributed by atoms with van der Waals surface area (Å²) >= 11 is 0. The molecule has 5 heteroatoms. The Balaban J connectivity index is 1.92. The van der Waals surface area contributed by atoms with Crippen molar-refractivity contribution < 1.29 is 19.0 Å². The van der Waals surface area contributed by atoms with Gasteiger partial charge in [-0.1, -0.05) is 0 Å². The van der Waals surface area contributed by atoms with Gasteiger partial charge in [-0.3, -0.25) is 4.79 Å². The van der Waals surface area contributed by atoms with Gasteiger partial charge in [0.25, 0.3) is 5.91 Å². The summed E-state index contributed by atoms with van der Waals surface area (Å²) in [5.41, 5.74) is 0.691. The number of rotatable bonds is 6. The molecule has 116 valence electrons. The molecule has 0 radical (unpaired) electrons. The van der Waals surface area contributed by atoms with Crippen molar-refractivity contribution in [2.45, 2.75) is 13.0 Å². The van der Waals surface area contributed by atoms with Gasteiger partial charge in [0, 0.05) is 5.69 Å². The Hall–Kier alpha value is -2.69. The lowest BCUT2D eigenvalue weighted by Gasteiger charge is -2.15. The van der Waals surface area contributed by atoms with Crippen molar-refractivity contribution in [1.82, 2.24) is 0 Å². The van der Waals surface area contributed by atoms with Gasteiger partial charge in [-0.05, 0) is 55.5 Å². The molecule has 22 heavy (non-hydrogen) atoms. The minimum absolute atomic E-state index is 0.221. The van der Waals surface area contributed by atoms with Gasteiger partial charge in [0.2, 0.25) is 0 Å². The van der Waals surface area contributed by atoms with Crippen molar-refractivity contribution in [1.29, 1.82) is 0 Å². The number of nitrogens with one attached hydrogen (secondary N) is 1. The summed E-state index contributed by atoms with van der Waals surface area (Å²) in [6.45, 7) is 1.70. The molecule has 0 saturated heterocycles. The zero-order valence-electron chi connectivity index (χ0n) is 12.8. The number of carbonyl (C=O) groups excluding carboxylic acids is 1. The third-order valence-electron chi connectivity index (χ3n) is 3.10. The van der Waals surface area contributed by atoms with E-state index in [-0.39, 0.29) is 5.91 Å². The molecule has 0 aliphatic carbocycles. The average molecular weight is 301 g/mol. The fourth-order valence-corrected chi connectivity index (χ4v) is 1.83. The lowest BCUT2D eigenvalue weighted by Crippen LogP contribution is -2.30. The summed E-state index contributed by atoms with van der Waals surface area (Å²) in [7, 11) is 3.19. The van der Waals surface area contributed by atoms with Gasteiger partial charge < -0.3 is 19.5 Å². The van der Waals surface area contributed by atoms with Gasteiger partial charge in [-0.25, -0.2) is 0 Å². The van der Waals surface area contributed by atoms with Crippen LogP contribution in [0.5, 0.6) is 17.2 Å². The molecular weight excluding hydrogens is 282 g/mol. The van der Waals surface area contributed by atoms with Gasteiger partial charge in [0.1, 0.15) is 17.2 Å². The van der Waals surface area contributed by atoms with Crippen molar-refractivity contribution in [3.8, 4) is 17.2 Å². The highest BCUT2D eigenvalue weighted by Gasteiger charge is 2.14. The summed E-state index contributed by atoms with van der Waals surface area (Å²) in [5.74, 6) is 1.86. The van der Waals surface area contributed by atoms with E-state index >= 15 is 0 Å². The summed E-state index contributed by atoms with van der Waals surface area (Å²) in [5, 5.41) is 2.79. The fourth-order valence-electron chi connectivity index (χ4n) is 1.83. The Morgan fingerprint density at radius 2 is 1.32 bits per heavy atom. The second-order valence-corrected chi connectivity index (χ2v) is 4.65. The maximum atomic E-state index is 12.1. The first-order valence-corrected chi connectivity index (χ1v) is 6.88. The van der Waals surface area contributed by atoms with Crippen LogP contribution >= 0.6 is 0 Å². The van der Waals surface area contributed by atoms with E-state index in [1.54, 1.807) is 69.7 Å². The Morgan fingerprint density at radius 1 is 0.864 bits per heavy atom. The SMILES string of the molecule is COc1ccc(NC(=O)[C@@H](C)Oc2ccc(OC)cc2)cc1. The van der Waals surface area contributed by atoms with E-state index in [4.69, 9.17) is 14.2 Å². The molecule has 0 bridgehead atoms. The molecule has 2 aromatic carbocycles. The molecule has 0 saturated carbocycles. The summed E-state index contributed by atoms with van der Waals surface area (Å²) in [6, 6.07) is 14.2. The van der Waals surface area contributed by atoms with Crippen LogP contribution in [0.15, 0.2) is 48.5 Å². The largest absolute Gasteiger partial charge is 0.497 e. The van der Waals surface area contributed by atoms with Crippen LogP contribution in [0.25, 0.3) is 0 Å². The second kappa shape index (κ2) is 7.36. The van der Waals surface area contributed by atoms with Crippen molar-refractivity contribution in [3.63, 3.8) is 0 Å². The number of methoxy groups -OCH3 is 2. The highest BCUT2D eigenvalue weighted by Crippen LogP contribution is 2.19. The van der Waals surface area contributed by atoms with Crippen molar-refractivity contribution in [2.75, 3.05) is 19.5 Å². The third kappa shape index (κ3) is 4.15. The molecule has 2 rings (SSSR count). The Kier molecular flexibility index (Phi) is 5.25. The fraction of sp³-hybridized carbons (Fsp3) is 0.235. The topological polar surface area (TPSA) is 56.8 Å². The van der Waals surface area contributed by atoms with Crippen LogP contribution in [-0.4, -0.2) is 26.2 Å². The first-order valence-electron chi connectivity index (χ1n) is 6.88. The van der Waals surface area contributed by atoms with E-state index in [2.05, 4.69) is 5.32 Å². The van der Waals surface area contributed by atoms with E-state index in [0.717, 1.165) is 11.5 Å². The quantitative estimate of drug-likeness (QED) is 0.890. The summed E-state index contributed by atoms with van der Waals surface area (Å²) < 4.78 is 15.7. The van der Waals surface area contributed by atoms with Gasteiger partial charge in [0.15, 0.2) is 6.10 Å². The molecule has 1 N–H and O–H groups in total. The molecule has 0 aliphatic heterocycles. The Labute approximate surface area is 129 Å². The monoisotopic (exact) mass is 301 g/mol. The standard InChI is InChI=1S/C17H19NO4/c1-12(22-16-10-8-15(21-3)9-11-16)17(19)18-13-4-6-14(20-2)7-5-13/h4-12H,1-3H3,(H,18,19)/t12-/m1/s1. The summed E-state index contributed by atoms with van der Waals surface area (Å²) in [4.78, 5) is 12.1. The lowest BCUT2D eigenvalue weighted by atomic mass is 10.2. The zero-order valence-corrected chi connectivity index (χ0v) is 12.8. The molecular formula is C17H19NO4. The lowest BCUT2D eigenvalue weighted by molar-refractivity contribution is -0.122. The van der Waals surface area contributed by atoms with Gasteiger partial charge in [0.05, 0.1) is 14.2 Å². The number of ether oxygens (including phenoxy) is 3. The molecule has 2 aromatic rings. The molecule has 1 atom stereocenters. The van der Waals surface area contributed by atoms with Gasteiger partial charge in [-0.15, -0.1) is 0 Å². The normalized spacial score (nSPS) is 11.4. The number of benzene rings is 2. The number of carbonyl (C=O) groups is 1. The first-order chi connectivity index (χ1) is 10.6. The van der Waals surface area contributed by atoms with Crippen LogP contribution in [0.1, 0.15) is 6.92 Å². The second-order valence-electron chi connectivity index (χ2n) is 4.65. The van der Waals surface area contributed by atoms with Crippen LogP contribution in [-0.2, 0) is 4.79 Å². The predicted molar refractivity (Wildman–Crippen MR) is 84.7 cm³/mol. The molecule has 0 aromatic heterocycles. The molecule has 0 heterocycles. The maximum Gasteiger partial charge on any atom is 0.265 e. The molecule has 0 unspecified atom stereocenters. The highest BCUT2D eigenvalue weighted by molar-refractivity contribution is 5.94. The van der Waals surface area contributed by atoms with Crippen LogP contribution in [0, 0.1) is 0 Å². The number of hydrogen-bond donors (Lipinski definition) is 1. The van der Waals surface area contributed by atoms with E-state index in [1.807, 2.05) is 0 Å². The Bertz CT molecular complexity index is 608. The number of amides is 1. The molecule has 0 spiro atoms. The predicted octanol–water partition coefficient (Wildman–Crippen LogP) is 3.11. The average Bonchev–Trinajstić information content (AvgIpc) is 2.56. The van der Waals surface area contributed by atoms with Gasteiger partial charge >= 0.3 is 0 Å². The van der Waals surface area contributed by atoms with Crippen molar-refractivity contribution in [2.24, 2.45) is 0 Å². The number of anilines is 1. The Morgan fingerprint density at radius 3 is 1.82 bits per heavy atom. The molecule has 0 fully saturated rings. The number of hydrogen-bond acceptors (Lipinski definition) is 4. The molecule has 0 aliphatic rings. The highest BCUT2D eigenvalue weighted by atomic mass is 16.5. The molecule has 5 nitrogen and oxygen atoms in total. The summed E-state index contributed by atoms with van der Waals surface area (Å²) in [6.07, 6.45) is -0.615. The van der Waals surface area contributed by atoms with E-state index in [9.17, 15) is 4.79 Å². The van der Waals surface area contributed by atoms with Crippen LogP contribution < -0.4 is 19.5 Å².